The molecule has 0 saturated carbocycles. The maximum Gasteiger partial charge on any atom is 0.247 e. The predicted molar refractivity (Wildman–Crippen MR) is 83.4 cm³/mol. The smallest absolute Gasteiger partial charge is 0.247 e. The fourth-order valence-electron chi connectivity index (χ4n) is 2.76. The van der Waals surface area contributed by atoms with Crippen molar-refractivity contribution in [1.82, 2.24) is 9.88 Å². The van der Waals surface area contributed by atoms with Gasteiger partial charge in [-0.1, -0.05) is 0 Å². The molecule has 6 heteroatoms. The van der Waals surface area contributed by atoms with Gasteiger partial charge in [-0.2, -0.15) is 0 Å². The summed E-state index contributed by atoms with van der Waals surface area (Å²) in [6.07, 6.45) is 1.61. The maximum absolute atomic E-state index is 12.4. The number of nitrogens with zero attached hydrogens (tertiary/aromatic N) is 2. The van der Waals surface area contributed by atoms with E-state index in [4.69, 9.17) is 0 Å². The lowest BCUT2D eigenvalue weighted by Gasteiger charge is -2.22. The van der Waals surface area contributed by atoms with Crippen molar-refractivity contribution in [2.24, 2.45) is 0 Å². The average molecular weight is 303 g/mol. The highest BCUT2D eigenvalue weighted by molar-refractivity contribution is 7.18. The fourth-order valence-corrected chi connectivity index (χ4v) is 3.63. The van der Waals surface area contributed by atoms with Gasteiger partial charge in [0, 0.05) is 19.2 Å². The molecule has 1 atom stereocenters. The molecule has 3 rings (SSSR count). The Morgan fingerprint density at radius 2 is 2.24 bits per heavy atom. The number of rotatable bonds is 2. The van der Waals surface area contributed by atoms with Gasteiger partial charge in [-0.3, -0.25) is 9.59 Å². The highest BCUT2D eigenvalue weighted by atomic mass is 32.1. The van der Waals surface area contributed by atoms with Crippen LogP contribution in [0.25, 0.3) is 10.2 Å². The number of carbonyl (C=O) groups is 2. The Labute approximate surface area is 127 Å². The highest BCUT2D eigenvalue weighted by Gasteiger charge is 2.32. The molecule has 2 heterocycles. The third-order valence-electron chi connectivity index (χ3n) is 3.72. The summed E-state index contributed by atoms with van der Waals surface area (Å²) in [5.74, 6) is -0.149. The molecule has 2 amide bonds. The maximum atomic E-state index is 12.4. The number of thiazole rings is 1. The van der Waals surface area contributed by atoms with Gasteiger partial charge in [-0.15, -0.1) is 11.3 Å². The topological polar surface area (TPSA) is 62.3 Å². The van der Waals surface area contributed by atoms with Crippen molar-refractivity contribution < 1.29 is 9.59 Å². The van der Waals surface area contributed by atoms with Crippen molar-refractivity contribution >= 4 is 39.1 Å². The van der Waals surface area contributed by atoms with E-state index in [1.807, 2.05) is 25.1 Å². The number of fused-ring (bicyclic) bond motifs is 1. The largest absolute Gasteiger partial charge is 0.331 e. The lowest BCUT2D eigenvalue weighted by molar-refractivity contribution is -0.134. The first-order valence-corrected chi connectivity index (χ1v) is 7.81. The SMILES string of the molecule is CC(=O)N1CCC[C@@H]1C(=O)Nc1ccc2nc(C)sc2c1. The van der Waals surface area contributed by atoms with E-state index in [1.165, 1.54) is 6.92 Å². The van der Waals surface area contributed by atoms with Crippen LogP contribution in [0.4, 0.5) is 5.69 Å². The lowest BCUT2D eigenvalue weighted by Crippen LogP contribution is -2.42. The molecule has 0 spiro atoms. The fraction of sp³-hybridized carbons (Fsp3) is 0.400. The minimum Gasteiger partial charge on any atom is -0.331 e. The Kier molecular flexibility index (Phi) is 3.63. The van der Waals surface area contributed by atoms with Crippen LogP contribution >= 0.6 is 11.3 Å². The summed E-state index contributed by atoms with van der Waals surface area (Å²) < 4.78 is 1.06. The number of likely N-dealkylation sites (tertiary alicyclic amines) is 1. The number of hydrogen-bond acceptors (Lipinski definition) is 4. The molecule has 0 unspecified atom stereocenters. The first-order valence-electron chi connectivity index (χ1n) is 7.00. The first kappa shape index (κ1) is 14.0. The van der Waals surface area contributed by atoms with Gasteiger partial charge < -0.3 is 10.2 Å². The van der Waals surface area contributed by atoms with Crippen LogP contribution in [-0.2, 0) is 9.59 Å². The minimum atomic E-state index is -0.346. The molecule has 1 N–H and O–H groups in total. The van der Waals surface area contributed by atoms with Crippen LogP contribution in [0.5, 0.6) is 0 Å². The molecule has 5 nitrogen and oxygen atoms in total. The van der Waals surface area contributed by atoms with Crippen molar-refractivity contribution in [2.75, 3.05) is 11.9 Å². The second-order valence-corrected chi connectivity index (χ2v) is 6.51. The molecule has 110 valence electrons. The number of nitrogens with one attached hydrogen (secondary N) is 1. The van der Waals surface area contributed by atoms with Crippen LogP contribution in [-0.4, -0.2) is 34.3 Å². The third-order valence-corrected chi connectivity index (χ3v) is 4.66. The van der Waals surface area contributed by atoms with Crippen molar-refractivity contribution in [2.45, 2.75) is 32.7 Å². The van der Waals surface area contributed by atoms with Crippen LogP contribution in [0, 0.1) is 6.92 Å². The molecule has 0 radical (unpaired) electrons. The molecular formula is C15H17N3O2S. The number of carbonyl (C=O) groups excluding carboxylic acids is 2. The van der Waals surface area contributed by atoms with E-state index in [0.29, 0.717) is 6.54 Å². The number of aromatic nitrogens is 1. The molecule has 1 fully saturated rings. The van der Waals surface area contributed by atoms with Gasteiger partial charge in [0.05, 0.1) is 15.2 Å². The molecule has 1 saturated heterocycles. The third kappa shape index (κ3) is 2.76. The molecule has 1 aliphatic heterocycles. The van der Waals surface area contributed by atoms with Gasteiger partial charge in [0.15, 0.2) is 0 Å². The zero-order valence-electron chi connectivity index (χ0n) is 12.0. The second-order valence-electron chi connectivity index (χ2n) is 5.28. The van der Waals surface area contributed by atoms with Crippen LogP contribution in [0.1, 0.15) is 24.8 Å². The summed E-state index contributed by atoms with van der Waals surface area (Å²) in [5.41, 5.74) is 1.70. The van der Waals surface area contributed by atoms with Crippen LogP contribution in [0.3, 0.4) is 0 Å². The summed E-state index contributed by atoms with van der Waals surface area (Å²) in [4.78, 5) is 29.9. The minimum absolute atomic E-state index is 0.0406. The van der Waals surface area contributed by atoms with Crippen LogP contribution < -0.4 is 5.32 Å². The Morgan fingerprint density at radius 3 is 3.00 bits per heavy atom. The Morgan fingerprint density at radius 1 is 1.43 bits per heavy atom. The van der Waals surface area contributed by atoms with E-state index in [0.717, 1.165) is 33.8 Å². The van der Waals surface area contributed by atoms with Crippen LogP contribution in [0.2, 0.25) is 0 Å². The first-order chi connectivity index (χ1) is 10.0. The van der Waals surface area contributed by atoms with Crippen molar-refractivity contribution in [1.29, 1.82) is 0 Å². The van der Waals surface area contributed by atoms with Gasteiger partial charge in [0.2, 0.25) is 11.8 Å². The number of benzene rings is 1. The van der Waals surface area contributed by atoms with Gasteiger partial charge in [-0.25, -0.2) is 4.98 Å². The zero-order valence-corrected chi connectivity index (χ0v) is 12.9. The molecule has 0 aliphatic carbocycles. The predicted octanol–water partition coefficient (Wildman–Crippen LogP) is 2.55. The highest BCUT2D eigenvalue weighted by Crippen LogP contribution is 2.25. The number of hydrogen-bond donors (Lipinski definition) is 1. The quantitative estimate of drug-likeness (QED) is 0.927. The van der Waals surface area contributed by atoms with E-state index in [2.05, 4.69) is 10.3 Å². The van der Waals surface area contributed by atoms with Gasteiger partial charge >= 0.3 is 0 Å². The summed E-state index contributed by atoms with van der Waals surface area (Å²) >= 11 is 1.60. The van der Waals surface area contributed by atoms with E-state index in [1.54, 1.807) is 16.2 Å². The normalized spacial score (nSPS) is 18.2. The second kappa shape index (κ2) is 5.44. The molecule has 21 heavy (non-hydrogen) atoms. The van der Waals surface area contributed by atoms with Crippen molar-refractivity contribution in [3.05, 3.63) is 23.2 Å². The molecule has 1 aliphatic rings. The standard InChI is InChI=1S/C15H17N3O2S/c1-9-16-12-6-5-11(8-14(12)21-9)17-15(20)13-4-3-7-18(13)10(2)19/h5-6,8,13H,3-4,7H2,1-2H3,(H,17,20)/t13-/m1/s1. The Bertz CT molecular complexity index is 710. The Balaban J connectivity index is 1.77. The molecule has 1 aromatic heterocycles. The van der Waals surface area contributed by atoms with E-state index >= 15 is 0 Å². The molecule has 2 aromatic rings. The summed E-state index contributed by atoms with van der Waals surface area (Å²) in [5, 5.41) is 3.92. The van der Waals surface area contributed by atoms with Crippen LogP contribution in [0.15, 0.2) is 18.2 Å². The number of amides is 2. The van der Waals surface area contributed by atoms with E-state index < -0.39 is 0 Å². The number of aryl methyl sites for hydroxylation is 1. The van der Waals surface area contributed by atoms with Crippen molar-refractivity contribution in [3.63, 3.8) is 0 Å². The lowest BCUT2D eigenvalue weighted by atomic mass is 10.2. The summed E-state index contributed by atoms with van der Waals surface area (Å²) in [7, 11) is 0. The number of anilines is 1. The monoisotopic (exact) mass is 303 g/mol. The molecule has 1 aromatic carbocycles. The molecular weight excluding hydrogens is 286 g/mol. The van der Waals surface area contributed by atoms with E-state index in [-0.39, 0.29) is 17.9 Å². The van der Waals surface area contributed by atoms with Gasteiger partial charge in [0.25, 0.3) is 0 Å². The van der Waals surface area contributed by atoms with E-state index in [9.17, 15) is 9.59 Å². The molecule has 0 bridgehead atoms. The van der Waals surface area contributed by atoms with Gasteiger partial charge in [-0.05, 0) is 38.0 Å². The van der Waals surface area contributed by atoms with Crippen molar-refractivity contribution in [3.8, 4) is 0 Å². The summed E-state index contributed by atoms with van der Waals surface area (Å²) in [6, 6.07) is 5.35. The summed E-state index contributed by atoms with van der Waals surface area (Å²) in [6.45, 7) is 4.14. The average Bonchev–Trinajstić information content (AvgIpc) is 3.03. The Hall–Kier alpha value is -1.95. The van der Waals surface area contributed by atoms with Gasteiger partial charge in [0.1, 0.15) is 6.04 Å². The zero-order chi connectivity index (χ0) is 15.0.